The molecule has 0 saturated carbocycles. The van der Waals surface area contributed by atoms with Gasteiger partial charge in [0.25, 0.3) is 0 Å². The third kappa shape index (κ3) is 3.17. The first-order chi connectivity index (χ1) is 9.81. The molecular weight excluding hydrogens is 250 g/mol. The van der Waals surface area contributed by atoms with Gasteiger partial charge in [-0.15, -0.1) is 0 Å². The van der Waals surface area contributed by atoms with Crippen molar-refractivity contribution in [3.8, 4) is 5.82 Å². The van der Waals surface area contributed by atoms with Crippen molar-refractivity contribution in [2.75, 3.05) is 32.0 Å². The Hall–Kier alpha value is -1.88. The number of pyridine rings is 1. The topological polar surface area (TPSA) is 46.0 Å². The van der Waals surface area contributed by atoms with Crippen molar-refractivity contribution in [2.24, 2.45) is 5.92 Å². The van der Waals surface area contributed by atoms with Gasteiger partial charge in [0.15, 0.2) is 0 Å². The highest BCUT2D eigenvalue weighted by Crippen LogP contribution is 2.16. The minimum Gasteiger partial charge on any atom is -0.383 e. The van der Waals surface area contributed by atoms with E-state index in [9.17, 15) is 0 Å². The van der Waals surface area contributed by atoms with Gasteiger partial charge in [0.1, 0.15) is 12.1 Å². The summed E-state index contributed by atoms with van der Waals surface area (Å²) in [6.07, 6.45) is 9.93. The van der Waals surface area contributed by atoms with Crippen LogP contribution in [-0.2, 0) is 0 Å². The summed E-state index contributed by atoms with van der Waals surface area (Å²) in [7, 11) is 2.20. The number of hydrogen-bond donors (Lipinski definition) is 1. The summed E-state index contributed by atoms with van der Waals surface area (Å²) in [5, 5.41) is 3.49. The summed E-state index contributed by atoms with van der Waals surface area (Å²) in [6, 6.07) is 4.09. The zero-order valence-corrected chi connectivity index (χ0v) is 11.9. The number of likely N-dealkylation sites (tertiary alicyclic amines) is 1. The lowest BCUT2D eigenvalue weighted by Crippen LogP contribution is -2.35. The molecule has 3 heterocycles. The van der Waals surface area contributed by atoms with Crippen LogP contribution < -0.4 is 5.32 Å². The van der Waals surface area contributed by atoms with Crippen LogP contribution in [0.15, 0.2) is 37.1 Å². The van der Waals surface area contributed by atoms with Gasteiger partial charge in [0.2, 0.25) is 0 Å². The first kappa shape index (κ1) is 13.1. The van der Waals surface area contributed by atoms with E-state index in [4.69, 9.17) is 0 Å². The average molecular weight is 271 g/mol. The standard InChI is InChI=1S/C15H21N5/c1-19-7-2-3-13(11-19)9-17-14-4-5-15(18-10-14)20-8-6-16-12-20/h4-6,8,10,12-13,17H,2-3,7,9,11H2,1H3. The fourth-order valence-corrected chi connectivity index (χ4v) is 2.74. The summed E-state index contributed by atoms with van der Waals surface area (Å²) >= 11 is 0. The van der Waals surface area contributed by atoms with Gasteiger partial charge >= 0.3 is 0 Å². The van der Waals surface area contributed by atoms with Crippen LogP contribution in [0, 0.1) is 5.92 Å². The van der Waals surface area contributed by atoms with Gasteiger partial charge in [-0.2, -0.15) is 0 Å². The Bertz CT molecular complexity index is 520. The molecule has 5 heteroatoms. The smallest absolute Gasteiger partial charge is 0.137 e. The van der Waals surface area contributed by atoms with E-state index in [-0.39, 0.29) is 0 Å². The minimum atomic E-state index is 0.738. The summed E-state index contributed by atoms with van der Waals surface area (Å²) < 4.78 is 1.90. The molecule has 0 bridgehead atoms. The normalized spacial score (nSPS) is 19.9. The Morgan fingerprint density at radius 3 is 3.05 bits per heavy atom. The summed E-state index contributed by atoms with van der Waals surface area (Å²) in [5.41, 5.74) is 1.09. The van der Waals surface area contributed by atoms with Crippen molar-refractivity contribution in [1.82, 2.24) is 19.4 Å². The van der Waals surface area contributed by atoms with Crippen molar-refractivity contribution in [2.45, 2.75) is 12.8 Å². The Kier molecular flexibility index (Phi) is 3.97. The maximum absolute atomic E-state index is 4.45. The van der Waals surface area contributed by atoms with Gasteiger partial charge in [0.05, 0.1) is 11.9 Å². The van der Waals surface area contributed by atoms with Crippen LogP contribution in [0.25, 0.3) is 5.82 Å². The predicted octanol–water partition coefficient (Wildman–Crippen LogP) is 2.02. The van der Waals surface area contributed by atoms with E-state index in [1.54, 1.807) is 12.5 Å². The molecule has 1 atom stereocenters. The van der Waals surface area contributed by atoms with Crippen molar-refractivity contribution in [1.29, 1.82) is 0 Å². The molecular formula is C15H21N5. The fourth-order valence-electron chi connectivity index (χ4n) is 2.74. The number of imidazole rings is 1. The molecule has 0 aliphatic carbocycles. The number of aromatic nitrogens is 3. The number of piperidine rings is 1. The van der Waals surface area contributed by atoms with E-state index in [1.165, 1.54) is 25.9 Å². The van der Waals surface area contributed by atoms with Crippen molar-refractivity contribution in [3.05, 3.63) is 37.1 Å². The molecule has 106 valence electrons. The highest BCUT2D eigenvalue weighted by atomic mass is 15.1. The van der Waals surface area contributed by atoms with E-state index in [2.05, 4.69) is 33.3 Å². The Morgan fingerprint density at radius 1 is 1.40 bits per heavy atom. The molecule has 1 fully saturated rings. The van der Waals surface area contributed by atoms with E-state index < -0.39 is 0 Å². The lowest BCUT2D eigenvalue weighted by atomic mass is 9.98. The number of anilines is 1. The molecule has 0 aromatic carbocycles. The highest BCUT2D eigenvalue weighted by Gasteiger charge is 2.16. The van der Waals surface area contributed by atoms with E-state index in [1.807, 2.05) is 23.0 Å². The molecule has 0 spiro atoms. The van der Waals surface area contributed by atoms with Crippen molar-refractivity contribution in [3.63, 3.8) is 0 Å². The molecule has 2 aromatic heterocycles. The third-order valence-electron chi connectivity index (χ3n) is 3.83. The van der Waals surface area contributed by atoms with E-state index in [0.29, 0.717) is 0 Å². The molecule has 5 nitrogen and oxygen atoms in total. The zero-order valence-electron chi connectivity index (χ0n) is 11.9. The number of hydrogen-bond acceptors (Lipinski definition) is 4. The molecule has 1 unspecified atom stereocenters. The number of nitrogens with one attached hydrogen (secondary N) is 1. The van der Waals surface area contributed by atoms with Crippen molar-refractivity contribution < 1.29 is 0 Å². The largest absolute Gasteiger partial charge is 0.383 e. The van der Waals surface area contributed by atoms with Gasteiger partial charge in [-0.05, 0) is 44.5 Å². The zero-order chi connectivity index (χ0) is 13.8. The maximum atomic E-state index is 4.45. The fraction of sp³-hybridized carbons (Fsp3) is 0.467. The van der Waals surface area contributed by atoms with Gasteiger partial charge in [-0.1, -0.05) is 0 Å². The van der Waals surface area contributed by atoms with E-state index in [0.717, 1.165) is 24.0 Å². The second kappa shape index (κ2) is 6.05. The highest BCUT2D eigenvalue weighted by molar-refractivity contribution is 5.43. The Labute approximate surface area is 119 Å². The lowest BCUT2D eigenvalue weighted by Gasteiger charge is -2.29. The summed E-state index contributed by atoms with van der Waals surface area (Å²) in [6.45, 7) is 3.45. The summed E-state index contributed by atoms with van der Waals surface area (Å²) in [4.78, 5) is 10.9. The number of rotatable bonds is 4. The Balaban J connectivity index is 1.56. The Morgan fingerprint density at radius 2 is 2.35 bits per heavy atom. The van der Waals surface area contributed by atoms with Gasteiger partial charge in [-0.25, -0.2) is 9.97 Å². The van der Waals surface area contributed by atoms with Crippen LogP contribution >= 0.6 is 0 Å². The monoisotopic (exact) mass is 271 g/mol. The van der Waals surface area contributed by atoms with Crippen LogP contribution in [0.2, 0.25) is 0 Å². The van der Waals surface area contributed by atoms with Crippen LogP contribution in [0.1, 0.15) is 12.8 Å². The first-order valence-electron chi connectivity index (χ1n) is 7.18. The van der Waals surface area contributed by atoms with Crippen LogP contribution in [0.4, 0.5) is 5.69 Å². The SMILES string of the molecule is CN1CCCC(CNc2ccc(-n3ccnc3)nc2)C1. The molecule has 0 amide bonds. The van der Waals surface area contributed by atoms with E-state index >= 15 is 0 Å². The first-order valence-corrected chi connectivity index (χ1v) is 7.18. The van der Waals surface area contributed by atoms with Gasteiger partial charge in [-0.3, -0.25) is 4.57 Å². The molecule has 2 aromatic rings. The third-order valence-corrected chi connectivity index (χ3v) is 3.83. The summed E-state index contributed by atoms with van der Waals surface area (Å²) in [5.74, 6) is 1.63. The predicted molar refractivity (Wildman–Crippen MR) is 80.1 cm³/mol. The van der Waals surface area contributed by atoms with Crippen LogP contribution in [0.5, 0.6) is 0 Å². The minimum absolute atomic E-state index is 0.738. The quantitative estimate of drug-likeness (QED) is 0.924. The average Bonchev–Trinajstić information content (AvgIpc) is 3.00. The number of nitrogens with zero attached hydrogens (tertiary/aromatic N) is 4. The molecule has 20 heavy (non-hydrogen) atoms. The molecule has 3 rings (SSSR count). The van der Waals surface area contributed by atoms with Gasteiger partial charge < -0.3 is 10.2 Å². The maximum Gasteiger partial charge on any atom is 0.137 e. The molecule has 0 radical (unpaired) electrons. The molecule has 1 aliphatic heterocycles. The van der Waals surface area contributed by atoms with Crippen molar-refractivity contribution >= 4 is 5.69 Å². The molecule has 1 saturated heterocycles. The van der Waals surface area contributed by atoms with Gasteiger partial charge in [0, 0.05) is 25.5 Å². The molecule has 1 N–H and O–H groups in total. The second-order valence-corrected chi connectivity index (χ2v) is 5.53. The van der Waals surface area contributed by atoms with Crippen LogP contribution in [-0.4, -0.2) is 46.1 Å². The molecule has 1 aliphatic rings. The second-order valence-electron chi connectivity index (χ2n) is 5.53. The lowest BCUT2D eigenvalue weighted by molar-refractivity contribution is 0.217. The van der Waals surface area contributed by atoms with Crippen LogP contribution in [0.3, 0.4) is 0 Å².